The van der Waals surface area contributed by atoms with E-state index in [2.05, 4.69) is 36.3 Å². The molecule has 140 valence electrons. The summed E-state index contributed by atoms with van der Waals surface area (Å²) in [4.78, 5) is 17.4. The molecule has 2 heterocycles. The third-order valence-corrected chi connectivity index (χ3v) is 5.49. The number of aromatic nitrogens is 2. The number of hydrogen-bond acceptors (Lipinski definition) is 3. The molecule has 5 nitrogen and oxygen atoms in total. The van der Waals surface area contributed by atoms with E-state index in [1.54, 1.807) is 0 Å². The number of hydrogen-bond donors (Lipinski definition) is 0. The number of carbonyl (C=O) groups is 1. The summed E-state index contributed by atoms with van der Waals surface area (Å²) in [7, 11) is 2.10. The van der Waals surface area contributed by atoms with Crippen LogP contribution >= 0.6 is 0 Å². The van der Waals surface area contributed by atoms with Crippen LogP contribution in [0.5, 0.6) is 0 Å². The highest BCUT2D eigenvalue weighted by atomic mass is 16.2. The van der Waals surface area contributed by atoms with Crippen molar-refractivity contribution in [3.63, 3.8) is 0 Å². The van der Waals surface area contributed by atoms with E-state index in [4.69, 9.17) is 5.10 Å². The van der Waals surface area contributed by atoms with Crippen molar-refractivity contribution in [2.45, 2.75) is 19.3 Å². The average molecular weight is 362 g/mol. The van der Waals surface area contributed by atoms with Crippen molar-refractivity contribution < 1.29 is 4.79 Å². The quantitative estimate of drug-likeness (QED) is 0.842. The molecule has 5 heteroatoms. The molecular formula is C22H26N4O. The van der Waals surface area contributed by atoms with E-state index in [0.717, 1.165) is 49.5 Å². The van der Waals surface area contributed by atoms with E-state index in [1.807, 2.05) is 46.8 Å². The zero-order chi connectivity index (χ0) is 18.8. The van der Waals surface area contributed by atoms with Gasteiger partial charge in [-0.15, -0.1) is 0 Å². The number of piperazine rings is 1. The van der Waals surface area contributed by atoms with Crippen LogP contribution in [0.15, 0.2) is 54.6 Å². The summed E-state index contributed by atoms with van der Waals surface area (Å²) >= 11 is 0. The molecule has 0 spiro atoms. The number of likely N-dealkylation sites (N-methyl/N-ethyl adjacent to an activating group) is 1. The molecule has 1 unspecified atom stereocenters. The van der Waals surface area contributed by atoms with Crippen molar-refractivity contribution in [1.29, 1.82) is 0 Å². The number of carbonyl (C=O) groups excluding carboxylic acids is 1. The largest absolute Gasteiger partial charge is 0.335 e. The Bertz CT molecular complexity index is 873. The van der Waals surface area contributed by atoms with Crippen molar-refractivity contribution in [2.75, 3.05) is 33.2 Å². The second kappa shape index (κ2) is 7.53. The number of nitrogens with zero attached hydrogens (tertiary/aromatic N) is 4. The van der Waals surface area contributed by atoms with Crippen LogP contribution < -0.4 is 0 Å². The van der Waals surface area contributed by atoms with Crippen LogP contribution in [-0.4, -0.2) is 58.7 Å². The molecule has 1 aromatic heterocycles. The average Bonchev–Trinajstić information content (AvgIpc) is 3.06. The predicted octanol–water partition coefficient (Wildman–Crippen LogP) is 3.17. The third kappa shape index (κ3) is 3.47. The number of benzene rings is 1. The molecule has 1 aromatic carbocycles. The molecule has 1 saturated heterocycles. The first-order valence-electron chi connectivity index (χ1n) is 9.61. The number of rotatable bonds is 3. The first-order valence-corrected chi connectivity index (χ1v) is 9.61. The van der Waals surface area contributed by atoms with Gasteiger partial charge in [-0.25, -0.2) is 4.68 Å². The molecule has 4 rings (SSSR count). The van der Waals surface area contributed by atoms with Gasteiger partial charge in [0.05, 0.1) is 11.4 Å². The summed E-state index contributed by atoms with van der Waals surface area (Å²) < 4.78 is 1.97. The van der Waals surface area contributed by atoms with Crippen molar-refractivity contribution >= 4 is 5.91 Å². The molecular weight excluding hydrogens is 336 g/mol. The van der Waals surface area contributed by atoms with Gasteiger partial charge in [-0.3, -0.25) is 4.79 Å². The molecule has 1 amide bonds. The summed E-state index contributed by atoms with van der Waals surface area (Å²) in [6, 6.07) is 10.1. The topological polar surface area (TPSA) is 41.4 Å². The molecule has 1 aliphatic carbocycles. The molecule has 1 atom stereocenters. The van der Waals surface area contributed by atoms with E-state index in [1.165, 1.54) is 0 Å². The first kappa shape index (κ1) is 17.7. The van der Waals surface area contributed by atoms with Crippen LogP contribution in [0.1, 0.15) is 34.1 Å². The Labute approximate surface area is 160 Å². The van der Waals surface area contributed by atoms with Gasteiger partial charge >= 0.3 is 0 Å². The Hall–Kier alpha value is -2.66. The van der Waals surface area contributed by atoms with Crippen molar-refractivity contribution in [3.05, 3.63) is 71.6 Å². The summed E-state index contributed by atoms with van der Waals surface area (Å²) in [5.41, 5.74) is 3.68. The van der Waals surface area contributed by atoms with Gasteiger partial charge in [0.25, 0.3) is 5.91 Å². The lowest BCUT2D eigenvalue weighted by molar-refractivity contribution is 0.0657. The molecule has 2 aromatic rings. The third-order valence-electron chi connectivity index (χ3n) is 5.49. The van der Waals surface area contributed by atoms with Crippen molar-refractivity contribution in [1.82, 2.24) is 19.6 Å². The van der Waals surface area contributed by atoms with Crippen LogP contribution in [-0.2, 0) is 0 Å². The Kier molecular flexibility index (Phi) is 4.94. The van der Waals surface area contributed by atoms with Gasteiger partial charge in [0.1, 0.15) is 0 Å². The monoisotopic (exact) mass is 362 g/mol. The second-order valence-corrected chi connectivity index (χ2v) is 7.36. The van der Waals surface area contributed by atoms with Gasteiger partial charge in [-0.1, -0.05) is 42.5 Å². The molecule has 0 N–H and O–H groups in total. The molecule has 2 aliphatic rings. The van der Waals surface area contributed by atoms with Crippen molar-refractivity contribution in [2.24, 2.45) is 0 Å². The fourth-order valence-electron chi connectivity index (χ4n) is 3.86. The summed E-state index contributed by atoms with van der Waals surface area (Å²) in [5.74, 6) is 0.281. The zero-order valence-corrected chi connectivity index (χ0v) is 16.0. The Morgan fingerprint density at radius 2 is 1.81 bits per heavy atom. The highest BCUT2D eigenvalue weighted by Crippen LogP contribution is 2.31. The molecule has 27 heavy (non-hydrogen) atoms. The van der Waals surface area contributed by atoms with Crippen molar-refractivity contribution in [3.8, 4) is 5.69 Å². The molecule has 0 saturated carbocycles. The fraction of sp³-hybridized carbons (Fsp3) is 0.364. The van der Waals surface area contributed by atoms with Crippen LogP contribution in [0.4, 0.5) is 0 Å². The minimum Gasteiger partial charge on any atom is -0.335 e. The van der Waals surface area contributed by atoms with Gasteiger partial charge in [0.2, 0.25) is 0 Å². The fourth-order valence-corrected chi connectivity index (χ4v) is 3.86. The zero-order valence-electron chi connectivity index (χ0n) is 16.0. The molecule has 1 aliphatic heterocycles. The lowest BCUT2D eigenvalue weighted by atomic mass is 9.93. The predicted molar refractivity (Wildman–Crippen MR) is 107 cm³/mol. The van der Waals surface area contributed by atoms with Gasteiger partial charge in [-0.05, 0) is 32.5 Å². The molecule has 0 radical (unpaired) electrons. The Morgan fingerprint density at radius 3 is 2.48 bits per heavy atom. The summed E-state index contributed by atoms with van der Waals surface area (Å²) in [6.07, 6.45) is 9.46. The van der Waals surface area contributed by atoms with E-state index in [-0.39, 0.29) is 11.8 Å². The van der Waals surface area contributed by atoms with E-state index in [9.17, 15) is 4.79 Å². The summed E-state index contributed by atoms with van der Waals surface area (Å²) in [6.45, 7) is 5.38. The Balaban J connectivity index is 1.75. The van der Waals surface area contributed by atoms with Crippen LogP contribution in [0, 0.1) is 6.92 Å². The van der Waals surface area contributed by atoms with Crippen LogP contribution in [0.2, 0.25) is 0 Å². The number of amides is 1. The van der Waals surface area contributed by atoms with Gasteiger partial charge < -0.3 is 9.80 Å². The molecule has 1 fully saturated rings. The van der Waals surface area contributed by atoms with Crippen LogP contribution in [0.25, 0.3) is 5.69 Å². The smallest absolute Gasteiger partial charge is 0.274 e. The normalized spacial score (nSPS) is 20.2. The minimum absolute atomic E-state index is 0.0480. The van der Waals surface area contributed by atoms with E-state index in [0.29, 0.717) is 5.69 Å². The Morgan fingerprint density at radius 1 is 1.07 bits per heavy atom. The maximum Gasteiger partial charge on any atom is 0.274 e. The van der Waals surface area contributed by atoms with E-state index < -0.39 is 0 Å². The summed E-state index contributed by atoms with van der Waals surface area (Å²) in [5, 5.41) is 4.80. The molecule has 0 bridgehead atoms. The SMILES string of the molecule is Cc1c(C(=O)N2CCN(C)CC2)nn(-c2ccccc2)c1C1C=CC=CC1. The number of allylic oxidation sites excluding steroid dienone is 4. The van der Waals surface area contributed by atoms with Gasteiger partial charge in [0, 0.05) is 37.7 Å². The van der Waals surface area contributed by atoms with Crippen LogP contribution in [0.3, 0.4) is 0 Å². The maximum atomic E-state index is 13.2. The highest BCUT2D eigenvalue weighted by Gasteiger charge is 2.29. The van der Waals surface area contributed by atoms with E-state index >= 15 is 0 Å². The minimum atomic E-state index is 0.0480. The first-order chi connectivity index (χ1) is 13.1. The maximum absolute atomic E-state index is 13.2. The lowest BCUT2D eigenvalue weighted by Crippen LogP contribution is -2.47. The second-order valence-electron chi connectivity index (χ2n) is 7.36. The van der Waals surface area contributed by atoms with Gasteiger partial charge in [0.15, 0.2) is 5.69 Å². The van der Waals surface area contributed by atoms with Gasteiger partial charge in [-0.2, -0.15) is 5.10 Å². The number of para-hydroxylation sites is 1. The lowest BCUT2D eigenvalue weighted by Gasteiger charge is -2.32. The highest BCUT2D eigenvalue weighted by molar-refractivity contribution is 5.94. The standard InChI is InChI=1S/C22H26N4O/c1-17-20(22(27)25-15-13-24(2)14-16-25)23-26(19-11-7-4-8-12-19)21(17)18-9-5-3-6-10-18/h3-9,11-12,18H,10,13-16H2,1-2H3.